The lowest BCUT2D eigenvalue weighted by molar-refractivity contribution is -0.384. The van der Waals surface area contributed by atoms with Crippen molar-refractivity contribution in [2.75, 3.05) is 0 Å². The Labute approximate surface area is 196 Å². The molecule has 0 unspecified atom stereocenters. The van der Waals surface area contributed by atoms with Crippen molar-refractivity contribution in [2.45, 2.75) is 18.9 Å². The quantitative estimate of drug-likeness (QED) is 0.330. The third-order valence-corrected chi connectivity index (χ3v) is 7.89. The summed E-state index contributed by atoms with van der Waals surface area (Å²) in [6, 6.07) is 18.3. The fourth-order valence-electron chi connectivity index (χ4n) is 4.63. The number of rotatable bonds is 3. The fraction of sp³-hybridized carbons (Fsp3) is 0.120. The average molecular weight is 472 g/mol. The second-order valence-corrected chi connectivity index (χ2v) is 9.97. The Morgan fingerprint density at radius 2 is 1.97 bits per heavy atom. The molecule has 6 rings (SSSR count). The molecule has 2 aliphatic rings. The molecule has 0 spiro atoms. The van der Waals surface area contributed by atoms with Crippen LogP contribution in [0.15, 0.2) is 81.4 Å². The Morgan fingerprint density at radius 3 is 2.79 bits per heavy atom. The van der Waals surface area contributed by atoms with Gasteiger partial charge in [-0.05, 0) is 47.1 Å². The first-order chi connectivity index (χ1) is 16.1. The zero-order chi connectivity index (χ0) is 22.5. The van der Waals surface area contributed by atoms with Gasteiger partial charge in [-0.2, -0.15) is 0 Å². The van der Waals surface area contributed by atoms with Gasteiger partial charge >= 0.3 is 0 Å². The van der Waals surface area contributed by atoms with E-state index in [4.69, 9.17) is 4.99 Å². The van der Waals surface area contributed by atoms with Crippen LogP contribution in [0.25, 0.3) is 11.8 Å². The van der Waals surface area contributed by atoms with Crippen LogP contribution in [0.5, 0.6) is 0 Å². The molecule has 2 aromatic carbocycles. The number of hydrogen-bond acceptors (Lipinski definition) is 6. The highest BCUT2D eigenvalue weighted by Crippen LogP contribution is 2.41. The molecule has 0 N–H and O–H groups in total. The summed E-state index contributed by atoms with van der Waals surface area (Å²) >= 11 is 2.94. The highest BCUT2D eigenvalue weighted by molar-refractivity contribution is 7.11. The average Bonchev–Trinajstić information content (AvgIpc) is 3.46. The van der Waals surface area contributed by atoms with Crippen molar-refractivity contribution in [3.8, 4) is 0 Å². The molecule has 2 aromatic heterocycles. The summed E-state index contributed by atoms with van der Waals surface area (Å²) < 4.78 is 2.33. The van der Waals surface area contributed by atoms with Crippen LogP contribution in [0.3, 0.4) is 0 Å². The largest absolute Gasteiger partial charge is 0.272 e. The number of thiazole rings is 1. The number of hydrogen-bond donors (Lipinski definition) is 0. The van der Waals surface area contributed by atoms with Crippen molar-refractivity contribution in [1.82, 2.24) is 4.57 Å². The number of fused-ring (bicyclic) bond motifs is 3. The third kappa shape index (κ3) is 3.30. The normalized spacial score (nSPS) is 17.2. The lowest BCUT2D eigenvalue weighted by atomic mass is 9.83. The summed E-state index contributed by atoms with van der Waals surface area (Å²) in [5.41, 5.74) is 4.86. The van der Waals surface area contributed by atoms with Crippen LogP contribution in [-0.2, 0) is 6.42 Å². The third-order valence-electron chi connectivity index (χ3n) is 6.09. The maximum Gasteiger partial charge on any atom is 0.271 e. The topological polar surface area (TPSA) is 77.5 Å². The molecule has 0 saturated heterocycles. The molecule has 6 nitrogen and oxygen atoms in total. The van der Waals surface area contributed by atoms with Gasteiger partial charge in [-0.25, -0.2) is 4.99 Å². The predicted molar refractivity (Wildman–Crippen MR) is 130 cm³/mol. The van der Waals surface area contributed by atoms with Gasteiger partial charge in [0, 0.05) is 22.6 Å². The second-order valence-electron chi connectivity index (χ2n) is 7.98. The van der Waals surface area contributed by atoms with E-state index in [0.29, 0.717) is 9.33 Å². The zero-order valence-electron chi connectivity index (χ0n) is 17.3. The molecule has 0 fully saturated rings. The lowest BCUT2D eigenvalue weighted by Gasteiger charge is -2.30. The van der Waals surface area contributed by atoms with Crippen LogP contribution in [0, 0.1) is 10.1 Å². The summed E-state index contributed by atoms with van der Waals surface area (Å²) in [7, 11) is 0. The van der Waals surface area contributed by atoms with Crippen molar-refractivity contribution >= 4 is 40.1 Å². The molecule has 8 heteroatoms. The van der Waals surface area contributed by atoms with Gasteiger partial charge in [0.15, 0.2) is 4.80 Å². The number of thiophene rings is 1. The van der Waals surface area contributed by atoms with Gasteiger partial charge in [-0.3, -0.25) is 19.5 Å². The number of aromatic nitrogens is 1. The molecule has 162 valence electrons. The summed E-state index contributed by atoms with van der Waals surface area (Å²) in [4.78, 5) is 31.3. The number of nitrogens with zero attached hydrogens (tertiary/aromatic N) is 3. The molecule has 1 atom stereocenters. The van der Waals surface area contributed by atoms with E-state index in [-0.39, 0.29) is 11.2 Å². The van der Waals surface area contributed by atoms with Gasteiger partial charge in [-0.15, -0.1) is 11.3 Å². The number of nitro groups is 1. The van der Waals surface area contributed by atoms with E-state index in [1.54, 1.807) is 28.0 Å². The van der Waals surface area contributed by atoms with E-state index >= 15 is 0 Å². The van der Waals surface area contributed by atoms with E-state index in [2.05, 4.69) is 12.1 Å². The number of non-ortho nitro benzene ring substituents is 1. The fourth-order valence-corrected chi connectivity index (χ4v) is 6.36. The number of aryl methyl sites for hydroxylation is 1. The summed E-state index contributed by atoms with van der Waals surface area (Å²) in [5.74, 6) is 0. The van der Waals surface area contributed by atoms with Gasteiger partial charge in [0.05, 0.1) is 21.2 Å². The molecule has 0 amide bonds. The molecule has 0 bridgehead atoms. The van der Waals surface area contributed by atoms with Gasteiger partial charge in [0.1, 0.15) is 0 Å². The molecule has 3 heterocycles. The van der Waals surface area contributed by atoms with Crippen LogP contribution < -0.4 is 14.9 Å². The molecule has 33 heavy (non-hydrogen) atoms. The van der Waals surface area contributed by atoms with Crippen molar-refractivity contribution < 1.29 is 4.92 Å². The molecule has 1 aliphatic carbocycles. The Morgan fingerprint density at radius 1 is 1.09 bits per heavy atom. The first-order valence-corrected chi connectivity index (χ1v) is 12.2. The standard InChI is InChI=1S/C25H17N3O3S2/c29-24-21(14-18-8-4-12-32-18)33-25-26-22-19-9-2-1-5-15(19)10-11-20(22)23(27(24)25)16-6-3-7-17(13-16)28(30)31/h1-9,12-14,23H,10-11H2/b21-14+/t23-/m0/s1. The molecule has 4 aromatic rings. The van der Waals surface area contributed by atoms with Gasteiger partial charge in [-0.1, -0.05) is 53.8 Å². The van der Waals surface area contributed by atoms with Crippen LogP contribution in [0.2, 0.25) is 0 Å². The van der Waals surface area contributed by atoms with Crippen molar-refractivity contribution in [1.29, 1.82) is 0 Å². The van der Waals surface area contributed by atoms with Crippen LogP contribution >= 0.6 is 22.7 Å². The van der Waals surface area contributed by atoms with Crippen LogP contribution in [-0.4, -0.2) is 9.49 Å². The number of nitro benzene ring substituents is 1. The maximum atomic E-state index is 13.6. The minimum absolute atomic E-state index is 0.0172. The van der Waals surface area contributed by atoms with Crippen LogP contribution in [0.4, 0.5) is 5.69 Å². The predicted octanol–water partition coefficient (Wildman–Crippen LogP) is 4.29. The van der Waals surface area contributed by atoms with E-state index < -0.39 is 11.0 Å². The highest BCUT2D eigenvalue weighted by Gasteiger charge is 2.33. The monoisotopic (exact) mass is 471 g/mol. The van der Waals surface area contributed by atoms with Crippen molar-refractivity contribution in [3.05, 3.63) is 123 Å². The Balaban J connectivity index is 1.65. The molecule has 0 radical (unpaired) electrons. The van der Waals surface area contributed by atoms with Gasteiger partial charge in [0.25, 0.3) is 11.2 Å². The lowest BCUT2D eigenvalue weighted by Crippen LogP contribution is -2.38. The maximum absolute atomic E-state index is 13.6. The van der Waals surface area contributed by atoms with E-state index in [1.165, 1.54) is 23.0 Å². The highest BCUT2D eigenvalue weighted by atomic mass is 32.1. The van der Waals surface area contributed by atoms with Crippen LogP contribution in [0.1, 0.15) is 34.0 Å². The first-order valence-electron chi connectivity index (χ1n) is 10.5. The molecular weight excluding hydrogens is 454 g/mol. The Kier molecular flexibility index (Phi) is 4.70. The number of allylic oxidation sites excluding steroid dienone is 1. The second kappa shape index (κ2) is 7.75. The molecule has 1 aliphatic heterocycles. The summed E-state index contributed by atoms with van der Waals surface area (Å²) in [5, 5.41) is 13.5. The smallest absolute Gasteiger partial charge is 0.271 e. The SMILES string of the molecule is O=c1/c(=C\c2cccs2)sc2n1[C@@H](c1cccc([N+](=O)[O-])c1)C1=C(N=2)c2ccccc2CC1. The van der Waals surface area contributed by atoms with E-state index in [0.717, 1.165) is 40.1 Å². The van der Waals surface area contributed by atoms with E-state index in [1.807, 2.05) is 41.8 Å². The van der Waals surface area contributed by atoms with E-state index in [9.17, 15) is 14.9 Å². The Hall–Kier alpha value is -3.62. The van der Waals surface area contributed by atoms with Crippen molar-refractivity contribution in [3.63, 3.8) is 0 Å². The minimum atomic E-state index is -0.421. The van der Waals surface area contributed by atoms with Gasteiger partial charge in [0.2, 0.25) is 0 Å². The molecular formula is C25H17N3O3S2. The summed E-state index contributed by atoms with van der Waals surface area (Å²) in [6.45, 7) is 0. The Bertz CT molecular complexity index is 1630. The molecule has 0 saturated carbocycles. The summed E-state index contributed by atoms with van der Waals surface area (Å²) in [6.07, 6.45) is 3.49. The minimum Gasteiger partial charge on any atom is -0.272 e. The first kappa shape index (κ1) is 20.0. The van der Waals surface area contributed by atoms with Gasteiger partial charge < -0.3 is 0 Å². The zero-order valence-corrected chi connectivity index (χ0v) is 18.9. The van der Waals surface area contributed by atoms with Crippen molar-refractivity contribution in [2.24, 2.45) is 4.99 Å². The number of benzene rings is 2.